The summed E-state index contributed by atoms with van der Waals surface area (Å²) in [5, 5.41) is 8.32. The van der Waals surface area contributed by atoms with Crippen LogP contribution in [0.3, 0.4) is 0 Å². The van der Waals surface area contributed by atoms with Crippen LogP contribution in [0.25, 0.3) is 6.08 Å². The predicted octanol–water partition coefficient (Wildman–Crippen LogP) is 2.94. The van der Waals surface area contributed by atoms with E-state index in [0.29, 0.717) is 5.92 Å². The predicted molar refractivity (Wildman–Crippen MR) is 49.9 cm³/mol. The molecule has 13 heavy (non-hydrogen) atoms. The summed E-state index contributed by atoms with van der Waals surface area (Å²) < 4.78 is 5.54. The van der Waals surface area contributed by atoms with Gasteiger partial charge in [-0.15, -0.1) is 0 Å². The summed E-state index contributed by atoms with van der Waals surface area (Å²) in [6.07, 6.45) is 4.35. The van der Waals surface area contributed by atoms with Gasteiger partial charge >= 0.3 is 0 Å². The van der Waals surface area contributed by atoms with Gasteiger partial charge in [0.15, 0.2) is 0 Å². The minimum Gasteiger partial charge on any atom is -0.461 e. The van der Waals surface area contributed by atoms with Gasteiger partial charge in [0.2, 0.25) is 0 Å². The Bertz CT molecular complexity index is 370. The molecular weight excluding hydrogens is 162 g/mol. The lowest BCUT2D eigenvalue weighted by Gasteiger charge is -1.89. The average Bonchev–Trinajstić information content (AvgIpc) is 2.67. The van der Waals surface area contributed by atoms with Crippen molar-refractivity contribution in [3.8, 4) is 6.07 Å². The molecule has 0 spiro atoms. The molecule has 0 N–H and O–H groups in total. The second kappa shape index (κ2) is 3.10. The fourth-order valence-corrected chi connectivity index (χ4v) is 1.50. The molecule has 0 amide bonds. The molecule has 1 aliphatic rings. The molecule has 2 rings (SSSR count). The highest BCUT2D eigenvalue weighted by atomic mass is 16.3. The molecule has 1 aliphatic carbocycles. The fraction of sp³-hybridized carbons (Fsp3) is 0.364. The van der Waals surface area contributed by atoms with Crippen molar-refractivity contribution in [1.82, 2.24) is 0 Å². The molecule has 0 aliphatic heterocycles. The molecule has 1 aromatic rings. The van der Waals surface area contributed by atoms with Crippen molar-refractivity contribution >= 4 is 6.08 Å². The van der Waals surface area contributed by atoms with Crippen LogP contribution in [0.2, 0.25) is 0 Å². The Balaban J connectivity index is 2.11. The smallest absolute Gasteiger partial charge is 0.127 e. The molecule has 1 fully saturated rings. The summed E-state index contributed by atoms with van der Waals surface area (Å²) in [6.45, 7) is 2.22. The van der Waals surface area contributed by atoms with Crippen molar-refractivity contribution in [1.29, 1.82) is 5.26 Å². The molecule has 2 heteroatoms. The van der Waals surface area contributed by atoms with E-state index >= 15 is 0 Å². The number of hydrogen-bond acceptors (Lipinski definition) is 2. The van der Waals surface area contributed by atoms with Crippen LogP contribution < -0.4 is 0 Å². The van der Waals surface area contributed by atoms with Crippen molar-refractivity contribution in [3.63, 3.8) is 0 Å². The summed E-state index contributed by atoms with van der Waals surface area (Å²) >= 11 is 0. The van der Waals surface area contributed by atoms with Gasteiger partial charge in [0.1, 0.15) is 11.5 Å². The molecule has 0 radical (unpaired) electrons. The summed E-state index contributed by atoms with van der Waals surface area (Å²) in [5.74, 6) is 3.21. The molecule has 2 unspecified atom stereocenters. The van der Waals surface area contributed by atoms with Crippen molar-refractivity contribution in [2.75, 3.05) is 0 Å². The number of nitrogens with zero attached hydrogens (tertiary/aromatic N) is 1. The molecule has 2 nitrogen and oxygen atoms in total. The topological polar surface area (TPSA) is 36.9 Å². The maximum atomic E-state index is 8.32. The largest absolute Gasteiger partial charge is 0.461 e. The third-order valence-electron chi connectivity index (χ3n) is 2.44. The summed E-state index contributed by atoms with van der Waals surface area (Å²) in [6, 6.07) is 5.85. The van der Waals surface area contributed by atoms with Crippen LogP contribution in [-0.2, 0) is 0 Å². The van der Waals surface area contributed by atoms with Crippen molar-refractivity contribution in [2.24, 2.45) is 5.92 Å². The van der Waals surface area contributed by atoms with Crippen LogP contribution in [-0.4, -0.2) is 0 Å². The zero-order chi connectivity index (χ0) is 9.26. The summed E-state index contributed by atoms with van der Waals surface area (Å²) in [4.78, 5) is 0. The van der Waals surface area contributed by atoms with Gasteiger partial charge in [-0.2, -0.15) is 5.26 Å². The lowest BCUT2D eigenvalue weighted by molar-refractivity contribution is 0.498. The first kappa shape index (κ1) is 8.12. The van der Waals surface area contributed by atoms with E-state index in [0.717, 1.165) is 17.4 Å². The Morgan fingerprint density at radius 2 is 2.38 bits per heavy atom. The summed E-state index contributed by atoms with van der Waals surface area (Å²) in [7, 11) is 0. The first-order valence-corrected chi connectivity index (χ1v) is 4.47. The van der Waals surface area contributed by atoms with Gasteiger partial charge in [0.25, 0.3) is 0 Å². The average molecular weight is 173 g/mol. The molecule has 2 atom stereocenters. The maximum Gasteiger partial charge on any atom is 0.127 e. The number of rotatable bonds is 2. The van der Waals surface area contributed by atoms with E-state index in [4.69, 9.17) is 9.68 Å². The monoisotopic (exact) mass is 173 g/mol. The second-order valence-electron chi connectivity index (χ2n) is 3.52. The zero-order valence-corrected chi connectivity index (χ0v) is 7.53. The molecule has 1 aromatic heterocycles. The highest BCUT2D eigenvalue weighted by molar-refractivity contribution is 5.46. The Labute approximate surface area is 77.5 Å². The van der Waals surface area contributed by atoms with Crippen LogP contribution in [0.1, 0.15) is 30.8 Å². The van der Waals surface area contributed by atoms with Gasteiger partial charge in [-0.3, -0.25) is 0 Å². The van der Waals surface area contributed by atoms with Crippen LogP contribution in [0, 0.1) is 17.2 Å². The minimum absolute atomic E-state index is 0.615. The van der Waals surface area contributed by atoms with E-state index in [9.17, 15) is 0 Å². The van der Waals surface area contributed by atoms with E-state index in [-0.39, 0.29) is 0 Å². The molecule has 0 saturated heterocycles. The number of furan rings is 1. The van der Waals surface area contributed by atoms with Crippen molar-refractivity contribution < 1.29 is 4.42 Å². The van der Waals surface area contributed by atoms with Gasteiger partial charge in [-0.1, -0.05) is 6.92 Å². The van der Waals surface area contributed by atoms with Gasteiger partial charge in [0, 0.05) is 12.0 Å². The number of hydrogen-bond donors (Lipinski definition) is 0. The van der Waals surface area contributed by atoms with Gasteiger partial charge in [0.05, 0.1) is 6.07 Å². The Kier molecular flexibility index (Phi) is 1.94. The SMILES string of the molecule is CC1CC1c1ccc(C=CC#N)o1. The van der Waals surface area contributed by atoms with E-state index in [1.165, 1.54) is 12.5 Å². The third-order valence-corrected chi connectivity index (χ3v) is 2.44. The van der Waals surface area contributed by atoms with Gasteiger partial charge in [-0.05, 0) is 30.5 Å². The normalized spacial score (nSPS) is 26.2. The number of nitriles is 1. The zero-order valence-electron chi connectivity index (χ0n) is 7.53. The Morgan fingerprint density at radius 3 is 3.00 bits per heavy atom. The van der Waals surface area contributed by atoms with Crippen molar-refractivity contribution in [3.05, 3.63) is 29.7 Å². The highest BCUT2D eigenvalue weighted by Gasteiger charge is 2.36. The molecule has 1 heterocycles. The van der Waals surface area contributed by atoms with Crippen molar-refractivity contribution in [2.45, 2.75) is 19.3 Å². The molecular formula is C11H11NO. The van der Waals surface area contributed by atoms with Gasteiger partial charge < -0.3 is 4.42 Å². The Morgan fingerprint density at radius 1 is 1.62 bits per heavy atom. The lowest BCUT2D eigenvalue weighted by Crippen LogP contribution is -1.73. The lowest BCUT2D eigenvalue weighted by atomic mass is 10.3. The first-order chi connectivity index (χ1) is 6.31. The maximum absolute atomic E-state index is 8.32. The third kappa shape index (κ3) is 1.65. The molecule has 0 aromatic carbocycles. The summed E-state index contributed by atoms with van der Waals surface area (Å²) in [5.41, 5.74) is 0. The standard InChI is InChI=1S/C11H11NO/c1-8-7-10(8)11-5-4-9(13-11)3-2-6-12/h2-5,8,10H,7H2,1H3. The van der Waals surface area contributed by atoms with Crippen LogP contribution >= 0.6 is 0 Å². The van der Waals surface area contributed by atoms with E-state index < -0.39 is 0 Å². The minimum atomic E-state index is 0.615. The molecule has 66 valence electrons. The van der Waals surface area contributed by atoms with Gasteiger partial charge in [-0.25, -0.2) is 0 Å². The first-order valence-electron chi connectivity index (χ1n) is 4.47. The van der Waals surface area contributed by atoms with Crippen LogP contribution in [0.5, 0.6) is 0 Å². The Hall–Kier alpha value is -1.49. The van der Waals surface area contributed by atoms with Crippen LogP contribution in [0.15, 0.2) is 22.6 Å². The quantitative estimate of drug-likeness (QED) is 0.645. The molecule has 1 saturated carbocycles. The van der Waals surface area contributed by atoms with E-state index in [1.807, 2.05) is 18.2 Å². The van der Waals surface area contributed by atoms with E-state index in [1.54, 1.807) is 6.08 Å². The second-order valence-corrected chi connectivity index (χ2v) is 3.52. The molecule has 0 bridgehead atoms. The number of allylic oxidation sites excluding steroid dienone is 1. The van der Waals surface area contributed by atoms with E-state index in [2.05, 4.69) is 6.92 Å². The fourth-order valence-electron chi connectivity index (χ4n) is 1.50. The highest BCUT2D eigenvalue weighted by Crippen LogP contribution is 2.47. The van der Waals surface area contributed by atoms with Crippen LogP contribution in [0.4, 0.5) is 0 Å².